The van der Waals surface area contributed by atoms with E-state index in [0.29, 0.717) is 18.4 Å². The number of esters is 1. The second-order valence-electron chi connectivity index (χ2n) is 3.80. The predicted octanol–water partition coefficient (Wildman–Crippen LogP) is 1.64. The standard InChI is InChI=1S/C11H20O5S/c1-5-10(4)17(13,14)16-8-6-7-15-11(12)9(2)3/h10H,2,5-8H2,1,3-4H3. The van der Waals surface area contributed by atoms with E-state index in [4.69, 9.17) is 8.92 Å². The van der Waals surface area contributed by atoms with Crippen LogP contribution in [-0.4, -0.2) is 32.9 Å². The van der Waals surface area contributed by atoms with Gasteiger partial charge in [-0.05, 0) is 20.3 Å². The zero-order valence-corrected chi connectivity index (χ0v) is 11.4. The lowest BCUT2D eigenvalue weighted by Crippen LogP contribution is -2.20. The molecule has 0 aliphatic carbocycles. The molecular formula is C11H20O5S. The van der Waals surface area contributed by atoms with Crippen molar-refractivity contribution in [3.63, 3.8) is 0 Å². The molecule has 0 amide bonds. The molecule has 0 heterocycles. The molecular weight excluding hydrogens is 244 g/mol. The van der Waals surface area contributed by atoms with Gasteiger partial charge in [-0.25, -0.2) is 4.79 Å². The third-order valence-corrected chi connectivity index (χ3v) is 4.00. The Kier molecular flexibility index (Phi) is 7.06. The average molecular weight is 264 g/mol. The summed E-state index contributed by atoms with van der Waals surface area (Å²) >= 11 is 0. The van der Waals surface area contributed by atoms with Gasteiger partial charge in [0.05, 0.1) is 18.5 Å². The van der Waals surface area contributed by atoms with Crippen LogP contribution in [0.3, 0.4) is 0 Å². The smallest absolute Gasteiger partial charge is 0.333 e. The van der Waals surface area contributed by atoms with Crippen molar-refractivity contribution >= 4 is 16.1 Å². The molecule has 1 atom stereocenters. The molecule has 0 spiro atoms. The largest absolute Gasteiger partial charge is 0.462 e. The van der Waals surface area contributed by atoms with Gasteiger partial charge in [0.25, 0.3) is 10.1 Å². The number of hydrogen-bond donors (Lipinski definition) is 0. The molecule has 0 aromatic rings. The topological polar surface area (TPSA) is 69.7 Å². The van der Waals surface area contributed by atoms with Crippen LogP contribution in [0, 0.1) is 0 Å². The van der Waals surface area contributed by atoms with Crippen LogP contribution in [-0.2, 0) is 23.8 Å². The van der Waals surface area contributed by atoms with Crippen molar-refractivity contribution in [2.45, 2.75) is 38.9 Å². The number of rotatable bonds is 8. The van der Waals surface area contributed by atoms with Crippen molar-refractivity contribution in [2.24, 2.45) is 0 Å². The molecule has 0 radical (unpaired) electrons. The van der Waals surface area contributed by atoms with E-state index in [2.05, 4.69) is 6.58 Å². The van der Waals surface area contributed by atoms with Crippen LogP contribution in [0.4, 0.5) is 0 Å². The molecule has 0 rings (SSSR count). The Morgan fingerprint density at radius 3 is 2.41 bits per heavy atom. The van der Waals surface area contributed by atoms with Gasteiger partial charge in [-0.2, -0.15) is 8.42 Å². The summed E-state index contributed by atoms with van der Waals surface area (Å²) in [5, 5.41) is -0.513. The highest BCUT2D eigenvalue weighted by Crippen LogP contribution is 2.07. The van der Waals surface area contributed by atoms with Crippen LogP contribution in [0.15, 0.2) is 12.2 Å². The lowest BCUT2D eigenvalue weighted by atomic mass is 10.4. The van der Waals surface area contributed by atoms with Gasteiger partial charge in [-0.3, -0.25) is 4.18 Å². The molecule has 100 valence electrons. The fourth-order valence-corrected chi connectivity index (χ4v) is 1.83. The van der Waals surface area contributed by atoms with Crippen molar-refractivity contribution in [3.05, 3.63) is 12.2 Å². The van der Waals surface area contributed by atoms with Crippen molar-refractivity contribution in [2.75, 3.05) is 13.2 Å². The molecule has 0 bridgehead atoms. The second-order valence-corrected chi connectivity index (χ2v) is 5.83. The summed E-state index contributed by atoms with van der Waals surface area (Å²) in [5.74, 6) is -0.477. The minimum atomic E-state index is -3.49. The number of carbonyl (C=O) groups is 1. The molecule has 0 saturated carbocycles. The Morgan fingerprint density at radius 1 is 1.35 bits per heavy atom. The van der Waals surface area contributed by atoms with Gasteiger partial charge in [0.1, 0.15) is 0 Å². The molecule has 5 nitrogen and oxygen atoms in total. The Labute approximate surface area is 103 Å². The van der Waals surface area contributed by atoms with E-state index in [0.717, 1.165) is 0 Å². The molecule has 6 heteroatoms. The predicted molar refractivity (Wildman–Crippen MR) is 65.0 cm³/mol. The molecule has 1 unspecified atom stereocenters. The molecule has 17 heavy (non-hydrogen) atoms. The maximum Gasteiger partial charge on any atom is 0.333 e. The van der Waals surface area contributed by atoms with Crippen LogP contribution in [0.2, 0.25) is 0 Å². The zero-order valence-electron chi connectivity index (χ0n) is 10.6. The van der Waals surface area contributed by atoms with E-state index < -0.39 is 21.3 Å². The van der Waals surface area contributed by atoms with Crippen molar-refractivity contribution in [3.8, 4) is 0 Å². The molecule has 0 saturated heterocycles. The Hall–Kier alpha value is -0.880. The van der Waals surface area contributed by atoms with Crippen LogP contribution in [0.1, 0.15) is 33.6 Å². The van der Waals surface area contributed by atoms with Gasteiger partial charge in [-0.1, -0.05) is 13.5 Å². The maximum absolute atomic E-state index is 11.4. The normalized spacial score (nSPS) is 13.1. The fraction of sp³-hybridized carbons (Fsp3) is 0.727. The van der Waals surface area contributed by atoms with Gasteiger partial charge in [0.15, 0.2) is 0 Å². The number of hydrogen-bond acceptors (Lipinski definition) is 5. The summed E-state index contributed by atoms with van der Waals surface area (Å²) in [4.78, 5) is 11.0. The van der Waals surface area contributed by atoms with Crippen molar-refractivity contribution < 1.29 is 22.1 Å². The monoisotopic (exact) mass is 264 g/mol. The Balaban J connectivity index is 3.79. The molecule has 0 aliphatic heterocycles. The van der Waals surface area contributed by atoms with Gasteiger partial charge in [0.2, 0.25) is 0 Å². The highest BCUT2D eigenvalue weighted by atomic mass is 32.2. The van der Waals surface area contributed by atoms with E-state index >= 15 is 0 Å². The lowest BCUT2D eigenvalue weighted by Gasteiger charge is -2.10. The Morgan fingerprint density at radius 2 is 1.94 bits per heavy atom. The molecule has 0 N–H and O–H groups in total. The van der Waals surface area contributed by atoms with E-state index in [9.17, 15) is 13.2 Å². The Bertz CT molecular complexity index is 358. The van der Waals surface area contributed by atoms with Crippen molar-refractivity contribution in [1.82, 2.24) is 0 Å². The first kappa shape index (κ1) is 16.1. The maximum atomic E-state index is 11.4. The highest BCUT2D eigenvalue weighted by Gasteiger charge is 2.19. The highest BCUT2D eigenvalue weighted by molar-refractivity contribution is 7.87. The summed E-state index contributed by atoms with van der Waals surface area (Å²) in [6.07, 6.45) is 0.849. The summed E-state index contributed by atoms with van der Waals surface area (Å²) in [6.45, 7) is 8.50. The van der Waals surface area contributed by atoms with Crippen molar-refractivity contribution in [1.29, 1.82) is 0 Å². The number of carbonyl (C=O) groups excluding carboxylic acids is 1. The van der Waals surface area contributed by atoms with Crippen LogP contribution in [0.5, 0.6) is 0 Å². The quantitative estimate of drug-likeness (QED) is 0.288. The average Bonchev–Trinajstić information content (AvgIpc) is 2.26. The first-order valence-corrected chi connectivity index (χ1v) is 6.99. The third kappa shape index (κ3) is 6.43. The number of ether oxygens (including phenoxy) is 1. The van der Waals surface area contributed by atoms with Gasteiger partial charge in [-0.15, -0.1) is 0 Å². The van der Waals surface area contributed by atoms with E-state index in [1.807, 2.05) is 0 Å². The first-order valence-electron chi connectivity index (χ1n) is 5.52. The van der Waals surface area contributed by atoms with E-state index in [1.165, 1.54) is 0 Å². The van der Waals surface area contributed by atoms with E-state index in [-0.39, 0.29) is 13.2 Å². The third-order valence-electron chi connectivity index (χ3n) is 2.19. The minimum Gasteiger partial charge on any atom is -0.462 e. The minimum absolute atomic E-state index is 0.0240. The molecule has 0 aliphatic rings. The summed E-state index contributed by atoms with van der Waals surface area (Å²) in [5.41, 5.74) is 0.318. The van der Waals surface area contributed by atoms with Gasteiger partial charge >= 0.3 is 5.97 Å². The lowest BCUT2D eigenvalue weighted by molar-refractivity contribution is -0.139. The van der Waals surface area contributed by atoms with Crippen LogP contribution < -0.4 is 0 Å². The summed E-state index contributed by atoms with van der Waals surface area (Å²) in [7, 11) is -3.49. The van der Waals surface area contributed by atoms with Gasteiger partial charge < -0.3 is 4.74 Å². The van der Waals surface area contributed by atoms with Crippen LogP contribution >= 0.6 is 0 Å². The van der Waals surface area contributed by atoms with Gasteiger partial charge in [0, 0.05) is 12.0 Å². The fourth-order valence-electron chi connectivity index (χ4n) is 0.842. The van der Waals surface area contributed by atoms with Crippen LogP contribution in [0.25, 0.3) is 0 Å². The summed E-state index contributed by atoms with van der Waals surface area (Å²) in [6, 6.07) is 0. The SMILES string of the molecule is C=C(C)C(=O)OCCCOS(=O)(=O)C(C)CC. The van der Waals surface area contributed by atoms with E-state index in [1.54, 1.807) is 20.8 Å². The zero-order chi connectivity index (χ0) is 13.5. The molecule has 0 aromatic carbocycles. The first-order chi connectivity index (χ1) is 7.81. The molecule has 0 fully saturated rings. The molecule has 0 aromatic heterocycles. The summed E-state index contributed by atoms with van der Waals surface area (Å²) < 4.78 is 32.4. The second kappa shape index (κ2) is 7.45.